The molecule has 222 valence electrons. The quantitative estimate of drug-likeness (QED) is 0.0897. The lowest BCUT2D eigenvalue weighted by Gasteiger charge is -2.14. The van der Waals surface area contributed by atoms with Crippen molar-refractivity contribution in [2.45, 2.75) is 64.6 Å². The Hall–Kier alpha value is -4.77. The predicted octanol–water partition coefficient (Wildman–Crippen LogP) is -2.21. The monoisotopic (exact) mass is 575 g/mol. The molecule has 3 N–H and O–H groups in total. The number of aromatic nitrogens is 3. The zero-order valence-corrected chi connectivity index (χ0v) is 21.3. The fourth-order valence-corrected chi connectivity index (χ4v) is 3.01. The second-order valence-electron chi connectivity index (χ2n) is 8.00. The van der Waals surface area contributed by atoms with Crippen molar-refractivity contribution in [2.24, 2.45) is 0 Å². The van der Waals surface area contributed by atoms with Gasteiger partial charge in [-0.2, -0.15) is 0 Å². The van der Waals surface area contributed by atoms with E-state index in [0.717, 1.165) is 0 Å². The van der Waals surface area contributed by atoms with Crippen molar-refractivity contribution in [3.05, 3.63) is 31.5 Å². The molecule has 0 aliphatic rings. The molecule has 0 aliphatic heterocycles. The third-order valence-electron chi connectivity index (χ3n) is 4.96. The van der Waals surface area contributed by atoms with Crippen molar-refractivity contribution in [1.82, 2.24) is 13.7 Å². The van der Waals surface area contributed by atoms with Crippen LogP contribution in [0.2, 0.25) is 0 Å². The summed E-state index contributed by atoms with van der Waals surface area (Å²) in [4.78, 5) is 105. The molecule has 18 nitrogen and oxygen atoms in total. The van der Waals surface area contributed by atoms with Crippen LogP contribution in [-0.4, -0.2) is 84.7 Å². The summed E-state index contributed by atoms with van der Waals surface area (Å²) in [5.41, 5.74) is -3.32. The van der Waals surface area contributed by atoms with Crippen LogP contribution < -0.4 is 17.1 Å². The number of esters is 3. The fraction of sp³-hybridized carbons (Fsp3) is 0.591. The Morgan fingerprint density at radius 3 is 1.10 bits per heavy atom. The van der Waals surface area contributed by atoms with Gasteiger partial charge in [0.1, 0.15) is 13.2 Å². The topological polar surface area (TPSA) is 257 Å². The fourth-order valence-electron chi connectivity index (χ4n) is 3.01. The van der Waals surface area contributed by atoms with Crippen LogP contribution in [0, 0.1) is 0 Å². The molecule has 1 rings (SSSR count). The summed E-state index contributed by atoms with van der Waals surface area (Å²) in [6, 6.07) is 0. The lowest BCUT2D eigenvalue weighted by Crippen LogP contribution is -2.55. The Morgan fingerprint density at radius 2 is 0.775 bits per heavy atom. The summed E-state index contributed by atoms with van der Waals surface area (Å²) in [7, 11) is 0. The van der Waals surface area contributed by atoms with Crippen LogP contribution >= 0.6 is 0 Å². The highest BCUT2D eigenvalue weighted by atomic mass is 16.5. The molecular weight excluding hydrogens is 546 g/mol. The van der Waals surface area contributed by atoms with Gasteiger partial charge in [-0.3, -0.25) is 28.8 Å². The molecule has 0 radical (unpaired) electrons. The summed E-state index contributed by atoms with van der Waals surface area (Å²) in [5, 5.41) is 25.8. The molecule has 0 amide bonds. The van der Waals surface area contributed by atoms with Crippen LogP contribution in [0.15, 0.2) is 14.4 Å². The molecule has 0 fully saturated rings. The summed E-state index contributed by atoms with van der Waals surface area (Å²) >= 11 is 0. The number of carboxylic acids is 3. The Bertz CT molecular complexity index is 1200. The normalized spacial score (nSPS) is 10.5. The van der Waals surface area contributed by atoms with E-state index in [1.165, 1.54) is 0 Å². The van der Waals surface area contributed by atoms with Gasteiger partial charge in [0.2, 0.25) is 0 Å². The molecule has 0 aliphatic carbocycles. The molecule has 0 aromatic carbocycles. The molecule has 0 bridgehead atoms. The van der Waals surface area contributed by atoms with Crippen LogP contribution in [0.1, 0.15) is 44.9 Å². The standard InChI is InChI=1S/C22H29N3O15/c26-14(27)2-5-17(32)38-11-1-8-23-20(35)24(9-12-39-18(33)6-3-15(28)29)22(37)25(21(23)36)10-13-40-19(34)7-4-16(30)31/h1-13H2,(H,26,27)(H,28,29)(H,30,31). The van der Waals surface area contributed by atoms with Crippen molar-refractivity contribution in [2.75, 3.05) is 19.8 Å². The maximum Gasteiger partial charge on any atom is 0.336 e. The Labute approximate surface area is 224 Å². The average molecular weight is 575 g/mol. The van der Waals surface area contributed by atoms with Crippen LogP contribution in [0.3, 0.4) is 0 Å². The number of ether oxygens (including phenoxy) is 3. The average Bonchev–Trinajstić information content (AvgIpc) is 2.88. The molecule has 0 saturated carbocycles. The lowest BCUT2D eigenvalue weighted by molar-refractivity contribution is -0.148. The van der Waals surface area contributed by atoms with Crippen LogP contribution in [-0.2, 0) is 62.6 Å². The van der Waals surface area contributed by atoms with Crippen molar-refractivity contribution in [3.8, 4) is 0 Å². The van der Waals surface area contributed by atoms with E-state index in [-0.39, 0.29) is 26.0 Å². The number of aliphatic carboxylic acids is 3. The molecule has 18 heteroatoms. The highest BCUT2D eigenvalue weighted by Gasteiger charge is 2.17. The minimum Gasteiger partial charge on any atom is -0.481 e. The van der Waals surface area contributed by atoms with Gasteiger partial charge in [0.05, 0.1) is 58.2 Å². The highest BCUT2D eigenvalue weighted by molar-refractivity contribution is 5.77. The van der Waals surface area contributed by atoms with Gasteiger partial charge in [-0.05, 0) is 6.42 Å². The Morgan fingerprint density at radius 1 is 0.475 bits per heavy atom. The predicted molar refractivity (Wildman–Crippen MR) is 127 cm³/mol. The van der Waals surface area contributed by atoms with E-state index in [2.05, 4.69) is 0 Å². The third-order valence-corrected chi connectivity index (χ3v) is 4.96. The molecule has 1 aromatic heterocycles. The van der Waals surface area contributed by atoms with Crippen molar-refractivity contribution >= 4 is 35.8 Å². The first-order valence-electron chi connectivity index (χ1n) is 11.9. The van der Waals surface area contributed by atoms with E-state index in [4.69, 9.17) is 29.5 Å². The summed E-state index contributed by atoms with van der Waals surface area (Å²) in [6.45, 7) is -2.69. The number of hydrogen-bond acceptors (Lipinski definition) is 12. The maximum absolute atomic E-state index is 12.9. The molecule has 1 heterocycles. The molecular formula is C22H29N3O15. The molecule has 0 unspecified atom stereocenters. The number of nitrogens with zero attached hydrogens (tertiary/aromatic N) is 3. The highest BCUT2D eigenvalue weighted by Crippen LogP contribution is 1.96. The smallest absolute Gasteiger partial charge is 0.336 e. The van der Waals surface area contributed by atoms with E-state index < -0.39 is 111 Å². The Balaban J connectivity index is 3.03. The Kier molecular flexibility index (Phi) is 14.1. The second-order valence-corrected chi connectivity index (χ2v) is 8.00. The zero-order chi connectivity index (χ0) is 30.2. The SMILES string of the molecule is O=C(O)CCC(=O)OCCCn1c(=O)n(CCOC(=O)CCC(=O)O)c(=O)n(CCOC(=O)CCC(=O)O)c1=O. The molecule has 40 heavy (non-hydrogen) atoms. The summed E-state index contributed by atoms with van der Waals surface area (Å²) in [6.07, 6.45) is -2.82. The van der Waals surface area contributed by atoms with E-state index >= 15 is 0 Å². The molecule has 0 saturated heterocycles. The van der Waals surface area contributed by atoms with Crippen molar-refractivity contribution < 1.29 is 58.3 Å². The summed E-state index contributed by atoms with van der Waals surface area (Å²) in [5.74, 6) is -6.29. The van der Waals surface area contributed by atoms with Crippen LogP contribution in [0.5, 0.6) is 0 Å². The first kappa shape index (κ1) is 33.3. The van der Waals surface area contributed by atoms with Crippen LogP contribution in [0.4, 0.5) is 0 Å². The molecule has 1 aromatic rings. The van der Waals surface area contributed by atoms with Gasteiger partial charge in [-0.1, -0.05) is 0 Å². The minimum absolute atomic E-state index is 0.0828. The number of carbonyl (C=O) groups is 6. The van der Waals surface area contributed by atoms with Gasteiger partial charge >= 0.3 is 52.9 Å². The van der Waals surface area contributed by atoms with Gasteiger partial charge in [-0.25, -0.2) is 28.1 Å². The number of hydrogen-bond donors (Lipinski definition) is 3. The van der Waals surface area contributed by atoms with E-state index in [0.29, 0.717) is 13.7 Å². The van der Waals surface area contributed by atoms with Gasteiger partial charge < -0.3 is 29.5 Å². The van der Waals surface area contributed by atoms with Gasteiger partial charge in [0, 0.05) is 6.54 Å². The van der Waals surface area contributed by atoms with Crippen LogP contribution in [0.25, 0.3) is 0 Å². The van der Waals surface area contributed by atoms with Gasteiger partial charge in [0.15, 0.2) is 0 Å². The van der Waals surface area contributed by atoms with Gasteiger partial charge in [0.25, 0.3) is 0 Å². The summed E-state index contributed by atoms with van der Waals surface area (Å²) < 4.78 is 16.3. The van der Waals surface area contributed by atoms with E-state index in [1.807, 2.05) is 0 Å². The first-order valence-corrected chi connectivity index (χ1v) is 11.9. The molecule has 0 atom stereocenters. The zero-order valence-electron chi connectivity index (χ0n) is 21.3. The number of carbonyl (C=O) groups excluding carboxylic acids is 3. The minimum atomic E-state index is -1.24. The van der Waals surface area contributed by atoms with E-state index in [1.54, 1.807) is 0 Å². The third kappa shape index (κ3) is 12.2. The number of carboxylic acid groups (broad SMARTS) is 3. The molecule has 0 spiro atoms. The first-order chi connectivity index (χ1) is 18.8. The van der Waals surface area contributed by atoms with Gasteiger partial charge in [-0.15, -0.1) is 0 Å². The second kappa shape index (κ2) is 16.9. The van der Waals surface area contributed by atoms with Crippen molar-refractivity contribution in [1.29, 1.82) is 0 Å². The maximum atomic E-state index is 12.9. The largest absolute Gasteiger partial charge is 0.481 e. The lowest BCUT2D eigenvalue weighted by atomic mass is 10.3. The van der Waals surface area contributed by atoms with Crippen molar-refractivity contribution in [3.63, 3.8) is 0 Å². The van der Waals surface area contributed by atoms with E-state index in [9.17, 15) is 43.2 Å². The number of rotatable bonds is 19.